The third kappa shape index (κ3) is 1.82. The van der Waals surface area contributed by atoms with E-state index < -0.39 is 5.97 Å². The van der Waals surface area contributed by atoms with Crippen LogP contribution in [0.5, 0.6) is 0 Å². The van der Waals surface area contributed by atoms with Gasteiger partial charge in [0, 0.05) is 0 Å². The summed E-state index contributed by atoms with van der Waals surface area (Å²) < 4.78 is 0. The molecule has 0 aromatic heterocycles. The summed E-state index contributed by atoms with van der Waals surface area (Å²) in [5.41, 5.74) is 2.32. The summed E-state index contributed by atoms with van der Waals surface area (Å²) in [6, 6.07) is 11.1. The molecule has 1 N–H and O–H groups in total. The van der Waals surface area contributed by atoms with Gasteiger partial charge in [0.15, 0.2) is 0 Å². The topological polar surface area (TPSA) is 37.3 Å². The molecule has 0 heterocycles. The van der Waals surface area contributed by atoms with E-state index in [1.54, 1.807) is 12.1 Å². The van der Waals surface area contributed by atoms with Crippen molar-refractivity contribution in [1.29, 1.82) is 0 Å². The second kappa shape index (κ2) is 3.81. The van der Waals surface area contributed by atoms with Gasteiger partial charge in [0.05, 0.1) is 5.56 Å². The van der Waals surface area contributed by atoms with Gasteiger partial charge in [-0.15, -0.1) is 0 Å². The molecule has 0 saturated heterocycles. The van der Waals surface area contributed by atoms with Gasteiger partial charge in [-0.1, -0.05) is 30.4 Å². The summed E-state index contributed by atoms with van der Waals surface area (Å²) >= 11 is 0. The number of carboxylic acid groups (broad SMARTS) is 1. The minimum absolute atomic E-state index is 0.311. The van der Waals surface area contributed by atoms with E-state index >= 15 is 0 Å². The number of fused-ring (bicyclic) bond motifs is 1. The zero-order chi connectivity index (χ0) is 11.7. The maximum Gasteiger partial charge on any atom is 0.335 e. The lowest BCUT2D eigenvalue weighted by Crippen LogP contribution is -1.95. The molecule has 0 unspecified atom stereocenters. The Hall–Kier alpha value is -2.09. The highest BCUT2D eigenvalue weighted by atomic mass is 16.4. The predicted molar refractivity (Wildman–Crippen MR) is 65.6 cm³/mol. The molecule has 2 aromatic rings. The Morgan fingerprint density at radius 1 is 1.06 bits per heavy atom. The Balaban J connectivity index is 2.65. The third-order valence-corrected chi connectivity index (χ3v) is 2.58. The van der Waals surface area contributed by atoms with Gasteiger partial charge in [-0.05, 0) is 41.5 Å². The van der Waals surface area contributed by atoms with E-state index in [-0.39, 0.29) is 0 Å². The number of carboxylic acids is 1. The highest BCUT2D eigenvalue weighted by Crippen LogP contribution is 2.21. The van der Waals surface area contributed by atoms with Gasteiger partial charge in [-0.25, -0.2) is 4.79 Å². The highest BCUT2D eigenvalue weighted by molar-refractivity contribution is 5.95. The molecule has 0 aliphatic heterocycles. The normalized spacial score (nSPS) is 10.3. The maximum absolute atomic E-state index is 10.8. The van der Waals surface area contributed by atoms with Crippen LogP contribution in [0.25, 0.3) is 16.3 Å². The number of rotatable bonds is 2. The van der Waals surface area contributed by atoms with Gasteiger partial charge in [-0.3, -0.25) is 0 Å². The highest BCUT2D eigenvalue weighted by Gasteiger charge is 2.04. The van der Waals surface area contributed by atoms with Gasteiger partial charge < -0.3 is 5.11 Å². The average Bonchev–Trinajstić information content (AvgIpc) is 2.27. The third-order valence-electron chi connectivity index (χ3n) is 2.58. The van der Waals surface area contributed by atoms with E-state index in [2.05, 4.69) is 6.58 Å². The van der Waals surface area contributed by atoms with Crippen LogP contribution in [0.3, 0.4) is 0 Å². The fourth-order valence-corrected chi connectivity index (χ4v) is 1.65. The zero-order valence-corrected chi connectivity index (χ0v) is 9.03. The minimum Gasteiger partial charge on any atom is -0.478 e. The van der Waals surface area contributed by atoms with Gasteiger partial charge in [0.25, 0.3) is 0 Å². The molecule has 80 valence electrons. The maximum atomic E-state index is 10.8. The van der Waals surface area contributed by atoms with Crippen LogP contribution < -0.4 is 0 Å². The fraction of sp³-hybridized carbons (Fsp3) is 0.0714. The van der Waals surface area contributed by atoms with E-state index in [9.17, 15) is 4.79 Å². The number of hydrogen-bond donors (Lipinski definition) is 1. The lowest BCUT2D eigenvalue weighted by molar-refractivity contribution is 0.0697. The summed E-state index contributed by atoms with van der Waals surface area (Å²) in [6.07, 6.45) is 0. The fourth-order valence-electron chi connectivity index (χ4n) is 1.65. The molecule has 0 amide bonds. The summed E-state index contributed by atoms with van der Waals surface area (Å²) in [4.78, 5) is 10.8. The van der Waals surface area contributed by atoms with Gasteiger partial charge >= 0.3 is 5.97 Å². The van der Waals surface area contributed by atoms with Crippen LogP contribution in [0.15, 0.2) is 43.0 Å². The molecule has 0 fully saturated rings. The van der Waals surface area contributed by atoms with Crippen molar-refractivity contribution in [3.63, 3.8) is 0 Å². The smallest absolute Gasteiger partial charge is 0.335 e. The van der Waals surface area contributed by atoms with Crippen molar-refractivity contribution in [2.24, 2.45) is 0 Å². The molecule has 0 aliphatic rings. The first-order chi connectivity index (χ1) is 7.58. The summed E-state index contributed by atoms with van der Waals surface area (Å²) in [5, 5.41) is 10.9. The molecule has 16 heavy (non-hydrogen) atoms. The zero-order valence-electron chi connectivity index (χ0n) is 9.03. The molecule has 0 radical (unpaired) electrons. The molecule has 2 aromatic carbocycles. The molecule has 0 bridgehead atoms. The van der Waals surface area contributed by atoms with Crippen molar-refractivity contribution in [3.05, 3.63) is 54.1 Å². The molecule has 2 nitrogen and oxygen atoms in total. The number of hydrogen-bond acceptors (Lipinski definition) is 1. The minimum atomic E-state index is -0.900. The van der Waals surface area contributed by atoms with E-state index in [1.807, 2.05) is 31.2 Å². The Kier molecular flexibility index (Phi) is 2.49. The standard InChI is InChI=1S/C14H12O2/c1-9(2)11-5-3-10-4-6-12(14(15)16)8-13(10)7-11/h3-8H,1H2,2H3,(H,15,16). The molecule has 0 saturated carbocycles. The number of carbonyl (C=O) groups is 1. The first kappa shape index (κ1) is 10.4. The molecule has 0 atom stereocenters. The molecule has 0 aliphatic carbocycles. The lowest BCUT2D eigenvalue weighted by Gasteiger charge is -2.04. The van der Waals surface area contributed by atoms with E-state index in [1.165, 1.54) is 0 Å². The SMILES string of the molecule is C=C(C)c1ccc2ccc(C(=O)O)cc2c1. The summed E-state index contributed by atoms with van der Waals surface area (Å²) in [7, 11) is 0. The Morgan fingerprint density at radius 2 is 1.62 bits per heavy atom. The summed E-state index contributed by atoms with van der Waals surface area (Å²) in [6.45, 7) is 5.81. The Bertz CT molecular complexity index is 534. The average molecular weight is 212 g/mol. The van der Waals surface area contributed by atoms with Crippen LogP contribution in [0.4, 0.5) is 0 Å². The van der Waals surface area contributed by atoms with Crippen molar-refractivity contribution >= 4 is 22.3 Å². The first-order valence-corrected chi connectivity index (χ1v) is 5.01. The number of benzene rings is 2. The molecular weight excluding hydrogens is 200 g/mol. The Labute approximate surface area is 93.8 Å². The van der Waals surface area contributed by atoms with Crippen molar-refractivity contribution in [2.45, 2.75) is 6.92 Å². The van der Waals surface area contributed by atoms with Gasteiger partial charge in [0.1, 0.15) is 0 Å². The largest absolute Gasteiger partial charge is 0.478 e. The first-order valence-electron chi connectivity index (χ1n) is 5.01. The van der Waals surface area contributed by atoms with Crippen LogP contribution in [-0.2, 0) is 0 Å². The van der Waals surface area contributed by atoms with Crippen LogP contribution >= 0.6 is 0 Å². The monoisotopic (exact) mass is 212 g/mol. The van der Waals surface area contributed by atoms with E-state index in [0.717, 1.165) is 21.9 Å². The van der Waals surface area contributed by atoms with Crippen LogP contribution in [0, 0.1) is 0 Å². The second-order valence-electron chi connectivity index (χ2n) is 3.86. The number of allylic oxidation sites excluding steroid dienone is 1. The van der Waals surface area contributed by atoms with E-state index in [0.29, 0.717) is 5.56 Å². The molecular formula is C14H12O2. The second-order valence-corrected chi connectivity index (χ2v) is 3.86. The van der Waals surface area contributed by atoms with Crippen LogP contribution in [0.2, 0.25) is 0 Å². The number of aromatic carboxylic acids is 1. The molecule has 2 heteroatoms. The van der Waals surface area contributed by atoms with Gasteiger partial charge in [0.2, 0.25) is 0 Å². The van der Waals surface area contributed by atoms with Crippen molar-refractivity contribution in [2.75, 3.05) is 0 Å². The molecule has 2 rings (SSSR count). The quantitative estimate of drug-likeness (QED) is 0.826. The van der Waals surface area contributed by atoms with Crippen molar-refractivity contribution in [3.8, 4) is 0 Å². The predicted octanol–water partition coefficient (Wildman–Crippen LogP) is 3.57. The van der Waals surface area contributed by atoms with Crippen LogP contribution in [0.1, 0.15) is 22.8 Å². The van der Waals surface area contributed by atoms with E-state index in [4.69, 9.17) is 5.11 Å². The lowest BCUT2D eigenvalue weighted by atomic mass is 10.0. The summed E-state index contributed by atoms with van der Waals surface area (Å²) in [5.74, 6) is -0.900. The Morgan fingerprint density at radius 3 is 2.19 bits per heavy atom. The van der Waals surface area contributed by atoms with Gasteiger partial charge in [-0.2, -0.15) is 0 Å². The van der Waals surface area contributed by atoms with Crippen molar-refractivity contribution < 1.29 is 9.90 Å². The molecule has 0 spiro atoms. The van der Waals surface area contributed by atoms with Crippen molar-refractivity contribution in [1.82, 2.24) is 0 Å². The van der Waals surface area contributed by atoms with Crippen LogP contribution in [-0.4, -0.2) is 11.1 Å².